The molecular formula is C20H34N2O2. The van der Waals surface area contributed by atoms with Crippen molar-refractivity contribution in [2.45, 2.75) is 53.8 Å². The van der Waals surface area contributed by atoms with E-state index in [0.29, 0.717) is 0 Å². The lowest BCUT2D eigenvalue weighted by atomic mass is 9.87. The van der Waals surface area contributed by atoms with Crippen LogP contribution in [0.15, 0.2) is 6.07 Å². The zero-order valence-corrected chi connectivity index (χ0v) is 16.1. The molecule has 2 N–H and O–H groups in total. The first-order valence-corrected chi connectivity index (χ1v) is 9.19. The molecule has 24 heavy (non-hydrogen) atoms. The molecule has 4 heteroatoms. The average Bonchev–Trinajstić information content (AvgIpc) is 2.52. The van der Waals surface area contributed by atoms with Crippen LogP contribution in [0.5, 0.6) is 5.75 Å². The van der Waals surface area contributed by atoms with Gasteiger partial charge in [0.05, 0.1) is 12.2 Å². The van der Waals surface area contributed by atoms with Crippen LogP contribution >= 0.6 is 0 Å². The number of aliphatic hydroxyl groups excluding tert-OH is 1. The number of benzene rings is 1. The molecule has 1 aromatic carbocycles. The predicted molar refractivity (Wildman–Crippen MR) is 99.9 cm³/mol. The Balaban J connectivity index is 2.18. The van der Waals surface area contributed by atoms with Gasteiger partial charge in [-0.3, -0.25) is 0 Å². The van der Waals surface area contributed by atoms with Crippen LogP contribution in [0.4, 0.5) is 0 Å². The van der Waals surface area contributed by atoms with Crippen LogP contribution in [-0.4, -0.2) is 48.8 Å². The van der Waals surface area contributed by atoms with Crippen molar-refractivity contribution in [3.8, 4) is 5.75 Å². The second kappa shape index (κ2) is 8.32. The summed E-state index contributed by atoms with van der Waals surface area (Å²) in [4.78, 5) is 2.44. The molecular weight excluding hydrogens is 300 g/mol. The van der Waals surface area contributed by atoms with Gasteiger partial charge in [0, 0.05) is 32.7 Å². The van der Waals surface area contributed by atoms with E-state index in [1.165, 1.54) is 0 Å². The summed E-state index contributed by atoms with van der Waals surface area (Å²) >= 11 is 0. The van der Waals surface area contributed by atoms with Gasteiger partial charge < -0.3 is 20.1 Å². The Morgan fingerprint density at radius 3 is 2.33 bits per heavy atom. The van der Waals surface area contributed by atoms with E-state index in [4.69, 9.17) is 4.74 Å². The summed E-state index contributed by atoms with van der Waals surface area (Å²) in [6, 6.07) is 2.08. The molecule has 0 spiro atoms. The number of piperazine rings is 1. The first-order valence-electron chi connectivity index (χ1n) is 9.19. The van der Waals surface area contributed by atoms with Gasteiger partial charge in [0.1, 0.15) is 5.75 Å². The Kier molecular flexibility index (Phi) is 6.67. The van der Waals surface area contributed by atoms with Crippen molar-refractivity contribution in [1.29, 1.82) is 0 Å². The Morgan fingerprint density at radius 2 is 1.75 bits per heavy atom. The van der Waals surface area contributed by atoms with Gasteiger partial charge in [-0.2, -0.15) is 0 Å². The van der Waals surface area contributed by atoms with Crippen molar-refractivity contribution in [1.82, 2.24) is 10.2 Å². The molecule has 0 bridgehead atoms. The standard InChI is InChI=1S/C20H34N2O2/c1-13(2)24-18-11-14(3)19(17(6)16(18)5)20(23)15(4)12-22-9-7-21-8-10-22/h11,13,15,20-21,23H,7-10,12H2,1-6H3. The lowest BCUT2D eigenvalue weighted by Gasteiger charge is -2.32. The van der Waals surface area contributed by atoms with Crippen molar-refractivity contribution >= 4 is 0 Å². The van der Waals surface area contributed by atoms with Crippen LogP contribution in [0.1, 0.15) is 49.1 Å². The average molecular weight is 335 g/mol. The summed E-state index contributed by atoms with van der Waals surface area (Å²) in [7, 11) is 0. The molecule has 1 saturated heterocycles. The van der Waals surface area contributed by atoms with Crippen LogP contribution < -0.4 is 10.1 Å². The third kappa shape index (κ3) is 4.50. The van der Waals surface area contributed by atoms with E-state index in [-0.39, 0.29) is 12.0 Å². The summed E-state index contributed by atoms with van der Waals surface area (Å²) in [5.74, 6) is 1.14. The van der Waals surface area contributed by atoms with Gasteiger partial charge in [0.25, 0.3) is 0 Å². The number of hydrogen-bond donors (Lipinski definition) is 2. The van der Waals surface area contributed by atoms with Gasteiger partial charge in [0.2, 0.25) is 0 Å². The first kappa shape index (κ1) is 19.2. The van der Waals surface area contributed by atoms with Gasteiger partial charge in [-0.15, -0.1) is 0 Å². The lowest BCUT2D eigenvalue weighted by molar-refractivity contribution is 0.0831. The fourth-order valence-corrected chi connectivity index (χ4v) is 3.58. The SMILES string of the molecule is Cc1cc(OC(C)C)c(C)c(C)c1C(O)C(C)CN1CCNCC1. The van der Waals surface area contributed by atoms with Crippen molar-refractivity contribution in [3.63, 3.8) is 0 Å². The zero-order chi connectivity index (χ0) is 17.9. The van der Waals surface area contributed by atoms with Crippen molar-refractivity contribution in [2.24, 2.45) is 5.92 Å². The highest BCUT2D eigenvalue weighted by atomic mass is 16.5. The summed E-state index contributed by atoms with van der Waals surface area (Å²) in [6.45, 7) is 17.7. The van der Waals surface area contributed by atoms with E-state index < -0.39 is 6.10 Å². The van der Waals surface area contributed by atoms with E-state index in [1.54, 1.807) is 0 Å². The van der Waals surface area contributed by atoms with E-state index >= 15 is 0 Å². The number of rotatable bonds is 6. The molecule has 0 amide bonds. The van der Waals surface area contributed by atoms with Crippen LogP contribution in [0, 0.1) is 26.7 Å². The fourth-order valence-electron chi connectivity index (χ4n) is 3.58. The van der Waals surface area contributed by atoms with Crippen molar-refractivity contribution < 1.29 is 9.84 Å². The number of aryl methyl sites for hydroxylation is 1. The molecule has 2 unspecified atom stereocenters. The molecule has 2 atom stereocenters. The monoisotopic (exact) mass is 334 g/mol. The number of nitrogens with zero attached hydrogens (tertiary/aromatic N) is 1. The van der Waals surface area contributed by atoms with Gasteiger partial charge in [-0.25, -0.2) is 0 Å². The third-order valence-electron chi connectivity index (χ3n) is 5.06. The fraction of sp³-hybridized carbons (Fsp3) is 0.700. The van der Waals surface area contributed by atoms with E-state index in [1.807, 2.05) is 13.8 Å². The largest absolute Gasteiger partial charge is 0.491 e. The Hall–Kier alpha value is -1.10. The quantitative estimate of drug-likeness (QED) is 0.839. The molecule has 0 aromatic heterocycles. The molecule has 4 nitrogen and oxygen atoms in total. The van der Waals surface area contributed by atoms with Gasteiger partial charge in [-0.1, -0.05) is 6.92 Å². The smallest absolute Gasteiger partial charge is 0.123 e. The van der Waals surface area contributed by atoms with Crippen molar-refractivity contribution in [2.75, 3.05) is 32.7 Å². The van der Waals surface area contributed by atoms with Crippen molar-refractivity contribution in [3.05, 3.63) is 28.3 Å². The molecule has 1 aromatic rings. The molecule has 0 aliphatic carbocycles. The molecule has 0 radical (unpaired) electrons. The van der Waals surface area contributed by atoms with Gasteiger partial charge >= 0.3 is 0 Å². The second-order valence-corrected chi connectivity index (χ2v) is 7.49. The molecule has 0 saturated carbocycles. The Morgan fingerprint density at radius 1 is 1.12 bits per heavy atom. The van der Waals surface area contributed by atoms with Gasteiger partial charge in [-0.05, 0) is 68.9 Å². The van der Waals surface area contributed by atoms with Crippen LogP contribution in [0.2, 0.25) is 0 Å². The maximum Gasteiger partial charge on any atom is 0.123 e. The minimum absolute atomic E-state index is 0.157. The highest BCUT2D eigenvalue weighted by molar-refractivity contribution is 5.49. The minimum atomic E-state index is -0.438. The number of ether oxygens (including phenoxy) is 1. The highest BCUT2D eigenvalue weighted by Gasteiger charge is 2.25. The molecule has 1 fully saturated rings. The summed E-state index contributed by atoms with van der Waals surface area (Å²) in [6.07, 6.45) is -0.281. The highest BCUT2D eigenvalue weighted by Crippen LogP contribution is 2.35. The topological polar surface area (TPSA) is 44.7 Å². The van der Waals surface area contributed by atoms with Gasteiger partial charge in [0.15, 0.2) is 0 Å². The third-order valence-corrected chi connectivity index (χ3v) is 5.06. The maximum atomic E-state index is 11.0. The lowest BCUT2D eigenvalue weighted by Crippen LogP contribution is -2.45. The van der Waals surface area contributed by atoms with E-state index in [9.17, 15) is 5.11 Å². The molecule has 1 aliphatic heterocycles. The Bertz CT molecular complexity index is 551. The summed E-state index contributed by atoms with van der Waals surface area (Å²) in [5, 5.41) is 14.4. The predicted octanol–water partition coefficient (Wildman–Crippen LogP) is 2.97. The van der Waals surface area contributed by atoms with Crippen LogP contribution in [-0.2, 0) is 0 Å². The zero-order valence-electron chi connectivity index (χ0n) is 16.1. The number of nitrogens with one attached hydrogen (secondary N) is 1. The van der Waals surface area contributed by atoms with Crippen LogP contribution in [0.3, 0.4) is 0 Å². The number of aliphatic hydroxyl groups is 1. The molecule has 1 heterocycles. The number of hydrogen-bond acceptors (Lipinski definition) is 4. The normalized spacial score (nSPS) is 18.7. The van der Waals surface area contributed by atoms with E-state index in [0.717, 1.165) is 60.7 Å². The summed E-state index contributed by atoms with van der Waals surface area (Å²) in [5.41, 5.74) is 4.49. The van der Waals surface area contributed by atoms with E-state index in [2.05, 4.69) is 44.0 Å². The first-order chi connectivity index (χ1) is 11.3. The van der Waals surface area contributed by atoms with Crippen LogP contribution in [0.25, 0.3) is 0 Å². The molecule has 1 aliphatic rings. The Labute approximate surface area is 147 Å². The second-order valence-electron chi connectivity index (χ2n) is 7.49. The maximum absolute atomic E-state index is 11.0. The summed E-state index contributed by atoms with van der Waals surface area (Å²) < 4.78 is 5.93. The minimum Gasteiger partial charge on any atom is -0.491 e. The molecule has 136 valence electrons. The molecule has 2 rings (SSSR count).